The van der Waals surface area contributed by atoms with Gasteiger partial charge in [0.05, 0.1) is 0 Å². The number of rotatable bonds is 3. The zero-order chi connectivity index (χ0) is 17.0. The van der Waals surface area contributed by atoms with Crippen LogP contribution < -0.4 is 10.6 Å². The summed E-state index contributed by atoms with van der Waals surface area (Å²) in [6.07, 6.45) is 0. The Labute approximate surface area is 144 Å². The van der Waals surface area contributed by atoms with Crippen LogP contribution in [0.25, 0.3) is 0 Å². The van der Waals surface area contributed by atoms with Crippen LogP contribution in [0.15, 0.2) is 46.9 Å². The van der Waals surface area contributed by atoms with Crippen molar-refractivity contribution >= 4 is 39.1 Å². The Kier molecular flexibility index (Phi) is 5.55. The van der Waals surface area contributed by atoms with E-state index in [1.807, 2.05) is 45.0 Å². The predicted molar refractivity (Wildman–Crippen MR) is 96.7 cm³/mol. The third-order valence-electron chi connectivity index (χ3n) is 3.47. The van der Waals surface area contributed by atoms with Gasteiger partial charge >= 0.3 is 11.8 Å². The van der Waals surface area contributed by atoms with Gasteiger partial charge in [-0.2, -0.15) is 0 Å². The van der Waals surface area contributed by atoms with Gasteiger partial charge in [0.15, 0.2) is 0 Å². The second kappa shape index (κ2) is 7.42. The van der Waals surface area contributed by atoms with Crippen molar-refractivity contribution in [1.82, 2.24) is 0 Å². The van der Waals surface area contributed by atoms with E-state index in [-0.39, 0.29) is 5.92 Å². The van der Waals surface area contributed by atoms with Gasteiger partial charge in [-0.25, -0.2) is 0 Å². The molecule has 0 saturated carbocycles. The first-order valence-electron chi connectivity index (χ1n) is 7.36. The lowest BCUT2D eigenvalue weighted by atomic mass is 10.0. The summed E-state index contributed by atoms with van der Waals surface area (Å²) in [6.45, 7) is 6.02. The van der Waals surface area contributed by atoms with Gasteiger partial charge in [0.2, 0.25) is 0 Å². The lowest BCUT2D eigenvalue weighted by Crippen LogP contribution is -2.29. The molecular weight excluding hydrogens is 356 g/mol. The lowest BCUT2D eigenvalue weighted by molar-refractivity contribution is -0.133. The molecule has 5 heteroatoms. The van der Waals surface area contributed by atoms with E-state index in [9.17, 15) is 9.59 Å². The van der Waals surface area contributed by atoms with E-state index in [2.05, 4.69) is 26.6 Å². The number of hydrogen-bond acceptors (Lipinski definition) is 2. The minimum atomic E-state index is -0.695. The largest absolute Gasteiger partial charge is 0.318 e. The van der Waals surface area contributed by atoms with Crippen LogP contribution in [0.5, 0.6) is 0 Å². The summed E-state index contributed by atoms with van der Waals surface area (Å²) in [6, 6.07) is 12.9. The molecule has 2 rings (SSSR count). The molecule has 0 radical (unpaired) electrons. The third-order valence-corrected chi connectivity index (χ3v) is 4.32. The second-order valence-electron chi connectivity index (χ2n) is 5.61. The summed E-state index contributed by atoms with van der Waals surface area (Å²) in [7, 11) is 0. The van der Waals surface area contributed by atoms with Gasteiger partial charge in [-0.3, -0.25) is 9.59 Å². The maximum atomic E-state index is 12.1. The van der Waals surface area contributed by atoms with Gasteiger partial charge in [-0.1, -0.05) is 54.0 Å². The summed E-state index contributed by atoms with van der Waals surface area (Å²) in [4.78, 5) is 24.2. The number of para-hydroxylation sites is 1. The van der Waals surface area contributed by atoms with E-state index in [0.29, 0.717) is 11.4 Å². The van der Waals surface area contributed by atoms with Crippen molar-refractivity contribution in [1.29, 1.82) is 0 Å². The topological polar surface area (TPSA) is 58.2 Å². The van der Waals surface area contributed by atoms with Gasteiger partial charge in [0.25, 0.3) is 0 Å². The lowest BCUT2D eigenvalue weighted by Gasteiger charge is -2.13. The molecule has 120 valence electrons. The van der Waals surface area contributed by atoms with Crippen LogP contribution in [0.2, 0.25) is 0 Å². The average Bonchev–Trinajstić information content (AvgIpc) is 2.51. The molecule has 4 nitrogen and oxygen atoms in total. The van der Waals surface area contributed by atoms with E-state index >= 15 is 0 Å². The van der Waals surface area contributed by atoms with Gasteiger partial charge < -0.3 is 10.6 Å². The van der Waals surface area contributed by atoms with E-state index in [1.54, 1.807) is 18.2 Å². The van der Waals surface area contributed by atoms with Crippen LogP contribution in [0, 0.1) is 6.92 Å². The van der Waals surface area contributed by atoms with Gasteiger partial charge in [0.1, 0.15) is 0 Å². The van der Waals surface area contributed by atoms with Crippen LogP contribution in [-0.2, 0) is 9.59 Å². The Morgan fingerprint density at radius 2 is 1.65 bits per heavy atom. The quantitative estimate of drug-likeness (QED) is 0.779. The molecule has 0 aromatic heterocycles. The summed E-state index contributed by atoms with van der Waals surface area (Å²) in [5.41, 5.74) is 3.28. The van der Waals surface area contributed by atoms with E-state index in [1.165, 1.54) is 0 Å². The molecule has 0 unspecified atom stereocenters. The molecule has 0 aliphatic carbocycles. The molecule has 0 bridgehead atoms. The smallest absolute Gasteiger partial charge is 0.314 e. The molecule has 2 amide bonds. The standard InChI is InChI=1S/C18H19BrN2O2/c1-11(2)14-6-4-5-7-16(14)21-18(23)17(22)20-13-9-8-12(3)15(19)10-13/h4-11H,1-3H3,(H,20,22)(H,21,23). The van der Waals surface area contributed by atoms with Gasteiger partial charge in [-0.15, -0.1) is 0 Å². The Bertz CT molecular complexity index is 742. The van der Waals surface area contributed by atoms with Crippen LogP contribution in [0.1, 0.15) is 30.9 Å². The molecule has 0 aliphatic rings. The molecule has 0 heterocycles. The number of halogens is 1. The van der Waals surface area contributed by atoms with Crippen molar-refractivity contribution in [3.63, 3.8) is 0 Å². The molecule has 2 aromatic rings. The van der Waals surface area contributed by atoms with Crippen molar-refractivity contribution in [3.05, 3.63) is 58.1 Å². The Balaban J connectivity index is 2.09. The number of aryl methyl sites for hydroxylation is 1. The van der Waals surface area contributed by atoms with Gasteiger partial charge in [0, 0.05) is 15.8 Å². The molecule has 23 heavy (non-hydrogen) atoms. The monoisotopic (exact) mass is 374 g/mol. The Hall–Kier alpha value is -2.14. The molecule has 0 saturated heterocycles. The van der Waals surface area contributed by atoms with Crippen molar-refractivity contribution in [2.75, 3.05) is 10.6 Å². The number of nitrogens with one attached hydrogen (secondary N) is 2. The van der Waals surface area contributed by atoms with E-state index < -0.39 is 11.8 Å². The number of amides is 2. The fraction of sp³-hybridized carbons (Fsp3) is 0.222. The van der Waals surface area contributed by atoms with Crippen LogP contribution in [-0.4, -0.2) is 11.8 Å². The first-order valence-corrected chi connectivity index (χ1v) is 8.15. The van der Waals surface area contributed by atoms with Gasteiger partial charge in [-0.05, 0) is 42.2 Å². The molecule has 2 N–H and O–H groups in total. The van der Waals surface area contributed by atoms with E-state index in [4.69, 9.17) is 0 Å². The molecule has 0 atom stereocenters. The van der Waals surface area contributed by atoms with Crippen molar-refractivity contribution in [2.24, 2.45) is 0 Å². The van der Waals surface area contributed by atoms with E-state index in [0.717, 1.165) is 15.6 Å². The Morgan fingerprint density at radius 1 is 1.00 bits per heavy atom. The zero-order valence-corrected chi connectivity index (χ0v) is 14.9. The maximum Gasteiger partial charge on any atom is 0.314 e. The van der Waals surface area contributed by atoms with Crippen LogP contribution in [0.4, 0.5) is 11.4 Å². The highest BCUT2D eigenvalue weighted by molar-refractivity contribution is 9.10. The number of carbonyl (C=O) groups is 2. The van der Waals surface area contributed by atoms with Crippen molar-refractivity contribution in [2.45, 2.75) is 26.7 Å². The maximum absolute atomic E-state index is 12.1. The van der Waals surface area contributed by atoms with Crippen molar-refractivity contribution in [3.8, 4) is 0 Å². The SMILES string of the molecule is Cc1ccc(NC(=O)C(=O)Nc2ccccc2C(C)C)cc1Br. The minimum Gasteiger partial charge on any atom is -0.318 e. The Morgan fingerprint density at radius 3 is 2.30 bits per heavy atom. The van der Waals surface area contributed by atoms with Crippen molar-refractivity contribution < 1.29 is 9.59 Å². The molecule has 0 aliphatic heterocycles. The first kappa shape index (κ1) is 17.2. The minimum absolute atomic E-state index is 0.252. The fourth-order valence-electron chi connectivity index (χ4n) is 2.15. The molecule has 0 fully saturated rings. The number of benzene rings is 2. The number of carbonyl (C=O) groups excluding carboxylic acids is 2. The predicted octanol–water partition coefficient (Wildman–Crippen LogP) is 4.46. The normalized spacial score (nSPS) is 10.5. The second-order valence-corrected chi connectivity index (χ2v) is 6.47. The summed E-state index contributed by atoms with van der Waals surface area (Å²) < 4.78 is 0.876. The summed E-state index contributed by atoms with van der Waals surface area (Å²) in [5, 5.41) is 5.27. The zero-order valence-electron chi connectivity index (χ0n) is 13.3. The molecule has 2 aromatic carbocycles. The fourth-order valence-corrected chi connectivity index (χ4v) is 2.53. The molecule has 0 spiro atoms. The third kappa shape index (κ3) is 4.42. The van der Waals surface area contributed by atoms with Crippen LogP contribution in [0.3, 0.4) is 0 Å². The highest BCUT2D eigenvalue weighted by Gasteiger charge is 2.16. The molecular formula is C18H19BrN2O2. The average molecular weight is 375 g/mol. The number of hydrogen-bond donors (Lipinski definition) is 2. The summed E-state index contributed by atoms with van der Waals surface area (Å²) in [5.74, 6) is -1.13. The number of anilines is 2. The van der Waals surface area contributed by atoms with Crippen LogP contribution >= 0.6 is 15.9 Å². The highest BCUT2D eigenvalue weighted by Crippen LogP contribution is 2.24. The first-order chi connectivity index (χ1) is 10.9. The summed E-state index contributed by atoms with van der Waals surface area (Å²) >= 11 is 3.40. The highest BCUT2D eigenvalue weighted by atomic mass is 79.9.